The first-order valence-electron chi connectivity index (χ1n) is 2.85. The monoisotopic (exact) mass is 185 g/mol. The molecule has 0 fully saturated rings. The fourth-order valence-electron chi connectivity index (χ4n) is 0.842. The lowest BCUT2D eigenvalue weighted by Gasteiger charge is -1.88. The van der Waals surface area contributed by atoms with Gasteiger partial charge in [-0.15, -0.1) is 11.3 Å². The summed E-state index contributed by atoms with van der Waals surface area (Å²) >= 11 is 7.49. The smallest absolute Gasteiger partial charge is 0.0824 e. The highest BCUT2D eigenvalue weighted by Gasteiger charge is 1.98. The van der Waals surface area contributed by atoms with Crippen molar-refractivity contribution in [2.24, 2.45) is 0 Å². The lowest BCUT2D eigenvalue weighted by atomic mass is 10.4. The van der Waals surface area contributed by atoms with E-state index in [1.54, 1.807) is 23.6 Å². The van der Waals surface area contributed by atoms with Crippen molar-refractivity contribution in [2.45, 2.75) is 7.43 Å². The van der Waals surface area contributed by atoms with Gasteiger partial charge in [0.15, 0.2) is 0 Å². The van der Waals surface area contributed by atoms with Gasteiger partial charge >= 0.3 is 0 Å². The number of rotatable bonds is 0. The second-order valence-electron chi connectivity index (χ2n) is 1.93. The van der Waals surface area contributed by atoms with Gasteiger partial charge < -0.3 is 0 Å². The van der Waals surface area contributed by atoms with Crippen LogP contribution in [0, 0.1) is 0 Å². The standard InChI is InChI=1S/C7H4ClNS.CH4/c8-5-1-3-9-6-2-4-10-7(5)6;/h1-4H;1H4. The van der Waals surface area contributed by atoms with E-state index in [1.807, 2.05) is 11.4 Å². The maximum atomic E-state index is 5.87. The van der Waals surface area contributed by atoms with E-state index >= 15 is 0 Å². The van der Waals surface area contributed by atoms with E-state index in [4.69, 9.17) is 11.6 Å². The number of hydrogen-bond acceptors (Lipinski definition) is 2. The summed E-state index contributed by atoms with van der Waals surface area (Å²) in [5.41, 5.74) is 0.984. The molecule has 0 N–H and O–H groups in total. The largest absolute Gasteiger partial charge is 0.255 e. The first-order valence-corrected chi connectivity index (χ1v) is 4.11. The summed E-state index contributed by atoms with van der Waals surface area (Å²) in [4.78, 5) is 4.13. The predicted octanol–water partition coefficient (Wildman–Crippen LogP) is 3.59. The van der Waals surface area contributed by atoms with Crippen LogP contribution in [-0.4, -0.2) is 4.98 Å². The number of nitrogens with zero attached hydrogens (tertiary/aromatic N) is 1. The van der Waals surface area contributed by atoms with Crippen molar-refractivity contribution in [2.75, 3.05) is 0 Å². The Bertz CT molecular complexity index is 356. The lowest BCUT2D eigenvalue weighted by Crippen LogP contribution is -1.69. The van der Waals surface area contributed by atoms with Gasteiger partial charge in [-0.2, -0.15) is 0 Å². The van der Waals surface area contributed by atoms with Crippen LogP contribution in [0.25, 0.3) is 10.2 Å². The Balaban J connectivity index is 0.000000605. The van der Waals surface area contributed by atoms with E-state index < -0.39 is 0 Å². The molecule has 0 spiro atoms. The summed E-state index contributed by atoms with van der Waals surface area (Å²) < 4.78 is 1.07. The molecule has 58 valence electrons. The number of fused-ring (bicyclic) bond motifs is 1. The minimum absolute atomic E-state index is 0. The number of aromatic nitrogens is 1. The molecule has 0 aromatic carbocycles. The Morgan fingerprint density at radius 1 is 1.36 bits per heavy atom. The Hall–Kier alpha value is -0.600. The van der Waals surface area contributed by atoms with Crippen LogP contribution in [0.4, 0.5) is 0 Å². The average molecular weight is 186 g/mol. The molecule has 2 aromatic rings. The second-order valence-corrected chi connectivity index (χ2v) is 3.25. The van der Waals surface area contributed by atoms with Crippen LogP contribution in [0.15, 0.2) is 23.7 Å². The van der Waals surface area contributed by atoms with Crippen LogP contribution in [0.1, 0.15) is 7.43 Å². The molecule has 0 bridgehead atoms. The van der Waals surface area contributed by atoms with E-state index in [2.05, 4.69) is 4.98 Å². The molecule has 0 unspecified atom stereocenters. The van der Waals surface area contributed by atoms with Crippen molar-refractivity contribution >= 4 is 33.2 Å². The van der Waals surface area contributed by atoms with Gasteiger partial charge in [0.2, 0.25) is 0 Å². The van der Waals surface area contributed by atoms with Crippen molar-refractivity contribution in [1.29, 1.82) is 0 Å². The van der Waals surface area contributed by atoms with Crippen molar-refractivity contribution in [3.8, 4) is 0 Å². The third-order valence-corrected chi connectivity index (χ3v) is 2.66. The predicted molar refractivity (Wildman–Crippen MR) is 51.4 cm³/mol. The van der Waals surface area contributed by atoms with Gasteiger partial charge in [0.25, 0.3) is 0 Å². The summed E-state index contributed by atoms with van der Waals surface area (Å²) in [6.45, 7) is 0. The van der Waals surface area contributed by atoms with Crippen LogP contribution in [0.2, 0.25) is 5.02 Å². The summed E-state index contributed by atoms with van der Waals surface area (Å²) in [5, 5.41) is 2.78. The molecule has 0 aliphatic carbocycles. The quantitative estimate of drug-likeness (QED) is 0.612. The fraction of sp³-hybridized carbons (Fsp3) is 0.125. The van der Waals surface area contributed by atoms with E-state index in [0.717, 1.165) is 15.2 Å². The molecular weight excluding hydrogens is 178 g/mol. The molecule has 0 aliphatic rings. The highest BCUT2D eigenvalue weighted by Crippen LogP contribution is 2.25. The van der Waals surface area contributed by atoms with Crippen LogP contribution < -0.4 is 0 Å². The van der Waals surface area contributed by atoms with E-state index in [9.17, 15) is 0 Å². The van der Waals surface area contributed by atoms with Gasteiger partial charge in [-0.25, -0.2) is 0 Å². The lowest BCUT2D eigenvalue weighted by molar-refractivity contribution is 1.43. The van der Waals surface area contributed by atoms with E-state index in [1.165, 1.54) is 0 Å². The maximum absolute atomic E-state index is 5.87. The molecule has 2 aromatic heterocycles. The molecule has 2 rings (SSSR count). The molecule has 11 heavy (non-hydrogen) atoms. The zero-order valence-electron chi connectivity index (χ0n) is 5.04. The van der Waals surface area contributed by atoms with E-state index in [-0.39, 0.29) is 7.43 Å². The zero-order valence-corrected chi connectivity index (χ0v) is 6.62. The van der Waals surface area contributed by atoms with E-state index in [0.29, 0.717) is 0 Å². The van der Waals surface area contributed by atoms with Crippen molar-refractivity contribution in [3.63, 3.8) is 0 Å². The molecule has 2 heterocycles. The molecule has 0 saturated heterocycles. The summed E-state index contributed by atoms with van der Waals surface area (Å²) in [5.74, 6) is 0. The Kier molecular flexibility index (Phi) is 2.47. The summed E-state index contributed by atoms with van der Waals surface area (Å²) in [6.07, 6.45) is 1.72. The average Bonchev–Trinajstić information content (AvgIpc) is 2.36. The Morgan fingerprint density at radius 3 is 2.91 bits per heavy atom. The topological polar surface area (TPSA) is 12.9 Å². The SMILES string of the molecule is C.Clc1ccnc2ccsc12. The van der Waals surface area contributed by atoms with Gasteiger partial charge in [0.1, 0.15) is 0 Å². The number of pyridine rings is 1. The Labute approximate surface area is 74.6 Å². The highest BCUT2D eigenvalue weighted by molar-refractivity contribution is 7.17. The molecular formula is C8H8ClNS. The molecule has 0 atom stereocenters. The zero-order chi connectivity index (χ0) is 6.97. The van der Waals surface area contributed by atoms with Gasteiger partial charge in [-0.3, -0.25) is 4.98 Å². The van der Waals surface area contributed by atoms with Crippen LogP contribution in [-0.2, 0) is 0 Å². The van der Waals surface area contributed by atoms with Gasteiger partial charge in [0, 0.05) is 6.20 Å². The molecule has 0 radical (unpaired) electrons. The maximum Gasteiger partial charge on any atom is 0.0824 e. The summed E-state index contributed by atoms with van der Waals surface area (Å²) in [6, 6.07) is 3.77. The fourth-order valence-corrected chi connectivity index (χ4v) is 1.88. The van der Waals surface area contributed by atoms with Crippen LogP contribution >= 0.6 is 22.9 Å². The minimum atomic E-state index is 0. The third kappa shape index (κ3) is 1.37. The van der Waals surface area contributed by atoms with Gasteiger partial charge in [-0.1, -0.05) is 19.0 Å². The molecule has 3 heteroatoms. The second kappa shape index (κ2) is 3.20. The summed E-state index contributed by atoms with van der Waals surface area (Å²) in [7, 11) is 0. The number of halogens is 1. The third-order valence-electron chi connectivity index (χ3n) is 1.30. The van der Waals surface area contributed by atoms with Crippen molar-refractivity contribution < 1.29 is 0 Å². The normalized spacial score (nSPS) is 9.55. The molecule has 0 saturated carbocycles. The highest BCUT2D eigenvalue weighted by atomic mass is 35.5. The van der Waals surface area contributed by atoms with Crippen molar-refractivity contribution in [3.05, 3.63) is 28.7 Å². The number of hydrogen-bond donors (Lipinski definition) is 0. The number of thiophene rings is 1. The molecule has 0 amide bonds. The van der Waals surface area contributed by atoms with Crippen molar-refractivity contribution in [1.82, 2.24) is 4.98 Å². The van der Waals surface area contributed by atoms with Gasteiger partial charge in [0.05, 0.1) is 15.2 Å². The van der Waals surface area contributed by atoms with Crippen LogP contribution in [0.5, 0.6) is 0 Å². The molecule has 0 aliphatic heterocycles. The Morgan fingerprint density at radius 2 is 2.18 bits per heavy atom. The van der Waals surface area contributed by atoms with Crippen LogP contribution in [0.3, 0.4) is 0 Å². The van der Waals surface area contributed by atoms with Gasteiger partial charge in [-0.05, 0) is 17.5 Å². The first kappa shape index (κ1) is 8.50. The minimum Gasteiger partial charge on any atom is -0.255 e. The first-order chi connectivity index (χ1) is 4.88. The molecule has 1 nitrogen and oxygen atoms in total.